The molecular weight excluding hydrogens is 476 g/mol. The third-order valence-corrected chi connectivity index (χ3v) is 8.09. The first-order chi connectivity index (χ1) is 13.9. The Kier molecular flexibility index (Phi) is 4.41. The summed E-state index contributed by atoms with van der Waals surface area (Å²) in [6, 6.07) is 13.6. The number of halogens is 1. The zero-order valence-corrected chi connectivity index (χ0v) is 17.9. The van der Waals surface area contributed by atoms with Gasteiger partial charge in [0, 0.05) is 15.3 Å². The number of phenols is 1. The van der Waals surface area contributed by atoms with Crippen LogP contribution in [-0.2, 0) is 9.59 Å². The molecule has 0 spiro atoms. The molecule has 1 aromatic heterocycles. The molecule has 3 heterocycles. The minimum Gasteiger partial charge on any atom is -0.508 e. The van der Waals surface area contributed by atoms with E-state index in [2.05, 4.69) is 20.9 Å². The molecule has 6 nitrogen and oxygen atoms in total. The first-order valence-electron chi connectivity index (χ1n) is 8.76. The van der Waals surface area contributed by atoms with Crippen LogP contribution in [0, 0.1) is 5.92 Å². The molecule has 0 saturated carbocycles. The number of hydrogen-bond acceptors (Lipinski definition) is 6. The first kappa shape index (κ1) is 18.7. The number of benzene rings is 2. The summed E-state index contributed by atoms with van der Waals surface area (Å²) >= 11 is 5.68. The largest absolute Gasteiger partial charge is 0.508 e. The number of hydrogen-bond donors (Lipinski definition) is 2. The summed E-state index contributed by atoms with van der Waals surface area (Å²) in [5.41, 5.74) is 1.31. The van der Waals surface area contributed by atoms with Crippen molar-refractivity contribution in [1.82, 2.24) is 4.98 Å². The third-order valence-electron chi connectivity index (χ3n) is 5.16. The van der Waals surface area contributed by atoms with Gasteiger partial charge in [0.2, 0.25) is 11.8 Å². The van der Waals surface area contributed by atoms with E-state index in [0.717, 1.165) is 26.3 Å². The number of anilines is 1. The van der Waals surface area contributed by atoms with E-state index < -0.39 is 17.1 Å². The predicted octanol–water partition coefficient (Wildman–Crippen LogP) is 3.70. The molecule has 1 saturated heterocycles. The third kappa shape index (κ3) is 2.95. The number of H-pyrrole nitrogens is 1. The normalized spacial score (nSPS) is 23.2. The summed E-state index contributed by atoms with van der Waals surface area (Å²) in [7, 11) is 0. The van der Waals surface area contributed by atoms with E-state index >= 15 is 0 Å². The number of fused-ring (bicyclic) bond motifs is 2. The van der Waals surface area contributed by atoms with E-state index in [9.17, 15) is 19.5 Å². The van der Waals surface area contributed by atoms with Crippen LogP contribution in [0.3, 0.4) is 0 Å². The number of thiazole rings is 1. The van der Waals surface area contributed by atoms with Gasteiger partial charge in [-0.15, -0.1) is 0 Å². The molecule has 0 aliphatic carbocycles. The fourth-order valence-corrected chi connectivity index (χ4v) is 6.68. The summed E-state index contributed by atoms with van der Waals surface area (Å²) in [5.74, 6) is -1.51. The topological polar surface area (TPSA) is 90.5 Å². The lowest BCUT2D eigenvalue weighted by atomic mass is 9.83. The fourth-order valence-electron chi connectivity index (χ4n) is 3.90. The van der Waals surface area contributed by atoms with Crippen molar-refractivity contribution in [1.29, 1.82) is 0 Å². The van der Waals surface area contributed by atoms with Crippen LogP contribution < -0.4 is 9.77 Å². The van der Waals surface area contributed by atoms with Crippen LogP contribution in [0.5, 0.6) is 5.75 Å². The highest BCUT2D eigenvalue weighted by Crippen LogP contribution is 2.53. The van der Waals surface area contributed by atoms with Crippen molar-refractivity contribution in [3.05, 3.63) is 73.1 Å². The molecule has 3 atom stereocenters. The summed E-state index contributed by atoms with van der Waals surface area (Å²) in [6.07, 6.45) is 0. The zero-order valence-electron chi connectivity index (χ0n) is 14.7. The number of phenolic OH excluding ortho intramolecular Hbond substituents is 1. The standard InChI is InChI=1S/C20H13BrN2O4S2/c21-10-3-5-11(6-4-10)23-18(25)14-13(9-1-7-12(24)8-2-9)15-17(22-20(27)29-15)28-16(14)19(23)26/h1-8,13-14,16,24H,(H,22,27). The van der Waals surface area contributed by atoms with Gasteiger partial charge in [0.05, 0.1) is 16.6 Å². The van der Waals surface area contributed by atoms with Crippen LogP contribution in [0.4, 0.5) is 5.69 Å². The number of nitrogens with zero attached hydrogens (tertiary/aromatic N) is 1. The summed E-state index contributed by atoms with van der Waals surface area (Å²) < 4.78 is 0.855. The SMILES string of the molecule is O=C1C2Sc3[nH]c(=O)sc3C(c3ccc(O)cc3)C2C(=O)N1c1ccc(Br)cc1. The lowest BCUT2D eigenvalue weighted by Crippen LogP contribution is -2.32. The van der Waals surface area contributed by atoms with E-state index in [4.69, 9.17) is 0 Å². The number of rotatable bonds is 2. The number of nitrogens with one attached hydrogen (secondary N) is 1. The van der Waals surface area contributed by atoms with Gasteiger partial charge in [0.15, 0.2) is 0 Å². The summed E-state index contributed by atoms with van der Waals surface area (Å²) in [4.78, 5) is 43.3. The molecule has 1 fully saturated rings. The fraction of sp³-hybridized carbons (Fsp3) is 0.150. The molecular formula is C20H13BrN2O4S2. The van der Waals surface area contributed by atoms with Gasteiger partial charge < -0.3 is 10.1 Å². The van der Waals surface area contributed by atoms with E-state index in [1.54, 1.807) is 48.5 Å². The van der Waals surface area contributed by atoms with Gasteiger partial charge in [-0.3, -0.25) is 14.4 Å². The monoisotopic (exact) mass is 488 g/mol. The van der Waals surface area contributed by atoms with Crippen molar-refractivity contribution < 1.29 is 14.7 Å². The average Bonchev–Trinajstić information content (AvgIpc) is 3.19. The van der Waals surface area contributed by atoms with E-state index in [-0.39, 0.29) is 22.4 Å². The second-order valence-electron chi connectivity index (χ2n) is 6.83. The molecule has 0 radical (unpaired) electrons. The first-order valence-corrected chi connectivity index (χ1v) is 11.2. The molecule has 3 aromatic rings. The van der Waals surface area contributed by atoms with Crippen LogP contribution >= 0.6 is 39.0 Å². The number of aromatic hydroxyl groups is 1. The maximum atomic E-state index is 13.4. The molecule has 9 heteroatoms. The van der Waals surface area contributed by atoms with Crippen molar-refractivity contribution in [3.63, 3.8) is 0 Å². The number of aromatic nitrogens is 1. The molecule has 146 valence electrons. The van der Waals surface area contributed by atoms with Gasteiger partial charge in [-0.05, 0) is 42.0 Å². The Labute approximate surface area is 181 Å². The van der Waals surface area contributed by atoms with Crippen LogP contribution in [-0.4, -0.2) is 27.2 Å². The van der Waals surface area contributed by atoms with Gasteiger partial charge >= 0.3 is 4.87 Å². The predicted molar refractivity (Wildman–Crippen MR) is 115 cm³/mol. The molecule has 2 N–H and O–H groups in total. The molecule has 2 amide bonds. The summed E-state index contributed by atoms with van der Waals surface area (Å²) in [6.45, 7) is 0. The van der Waals surface area contributed by atoms with Gasteiger partial charge in [-0.1, -0.05) is 51.2 Å². The zero-order chi connectivity index (χ0) is 20.3. The van der Waals surface area contributed by atoms with E-state index in [1.165, 1.54) is 16.7 Å². The van der Waals surface area contributed by atoms with Gasteiger partial charge in [0.1, 0.15) is 11.0 Å². The second kappa shape index (κ2) is 6.86. The average molecular weight is 489 g/mol. The highest BCUT2D eigenvalue weighted by molar-refractivity contribution is 9.10. The Bertz CT molecular complexity index is 1190. The quantitative estimate of drug-likeness (QED) is 0.536. The van der Waals surface area contributed by atoms with Gasteiger partial charge in [-0.25, -0.2) is 4.90 Å². The number of amides is 2. The van der Waals surface area contributed by atoms with Crippen LogP contribution in [0.1, 0.15) is 16.4 Å². The van der Waals surface area contributed by atoms with Crippen LogP contribution in [0.2, 0.25) is 0 Å². The van der Waals surface area contributed by atoms with Crippen molar-refractivity contribution in [2.75, 3.05) is 4.90 Å². The number of aromatic amines is 1. The van der Waals surface area contributed by atoms with E-state index in [0.29, 0.717) is 10.7 Å². The van der Waals surface area contributed by atoms with Crippen LogP contribution in [0.25, 0.3) is 0 Å². The van der Waals surface area contributed by atoms with Crippen molar-refractivity contribution in [3.8, 4) is 5.75 Å². The Balaban J connectivity index is 1.64. The van der Waals surface area contributed by atoms with Crippen LogP contribution in [0.15, 0.2) is 62.8 Å². The number of imide groups is 1. The highest BCUT2D eigenvalue weighted by Gasteiger charge is 2.56. The molecule has 0 bridgehead atoms. The number of carbonyl (C=O) groups is 2. The second-order valence-corrected chi connectivity index (χ2v) is 9.91. The van der Waals surface area contributed by atoms with Crippen molar-refractivity contribution in [2.24, 2.45) is 5.92 Å². The van der Waals surface area contributed by atoms with Crippen molar-refractivity contribution in [2.45, 2.75) is 16.2 Å². The summed E-state index contributed by atoms with van der Waals surface area (Å²) in [5, 5.41) is 9.67. The molecule has 29 heavy (non-hydrogen) atoms. The minimum atomic E-state index is -0.625. The Hall–Kier alpha value is -2.36. The molecule has 2 aliphatic heterocycles. The Morgan fingerprint density at radius 1 is 0.966 bits per heavy atom. The Morgan fingerprint density at radius 3 is 2.34 bits per heavy atom. The van der Waals surface area contributed by atoms with Gasteiger partial charge in [0.25, 0.3) is 0 Å². The smallest absolute Gasteiger partial charge is 0.305 e. The lowest BCUT2D eigenvalue weighted by Gasteiger charge is -2.29. The lowest BCUT2D eigenvalue weighted by molar-refractivity contribution is -0.122. The number of thioether (sulfide) groups is 1. The molecule has 5 rings (SSSR count). The number of carbonyl (C=O) groups excluding carboxylic acids is 2. The molecule has 3 unspecified atom stereocenters. The van der Waals surface area contributed by atoms with Gasteiger partial charge in [-0.2, -0.15) is 0 Å². The minimum absolute atomic E-state index is 0.114. The maximum Gasteiger partial charge on any atom is 0.305 e. The Morgan fingerprint density at radius 2 is 1.66 bits per heavy atom. The maximum absolute atomic E-state index is 13.4. The molecule has 2 aromatic carbocycles. The van der Waals surface area contributed by atoms with Crippen molar-refractivity contribution >= 4 is 56.5 Å². The molecule has 2 aliphatic rings. The van der Waals surface area contributed by atoms with E-state index in [1.807, 2.05) is 0 Å². The highest BCUT2D eigenvalue weighted by atomic mass is 79.9.